The number of aryl methyl sites for hydroxylation is 2. The fourth-order valence-electron chi connectivity index (χ4n) is 4.13. The van der Waals surface area contributed by atoms with Crippen molar-refractivity contribution in [1.29, 1.82) is 5.26 Å². The number of rotatable bonds is 9. The summed E-state index contributed by atoms with van der Waals surface area (Å²) in [7, 11) is 0. The Morgan fingerprint density at radius 1 is 1.26 bits per heavy atom. The molecule has 0 aliphatic heterocycles. The number of nitrogens with zero attached hydrogens (tertiary/aromatic N) is 4. The van der Waals surface area contributed by atoms with Gasteiger partial charge in [0.05, 0.1) is 11.3 Å². The van der Waals surface area contributed by atoms with Crippen molar-refractivity contribution in [1.82, 2.24) is 14.8 Å². The molecule has 0 saturated heterocycles. The first-order chi connectivity index (χ1) is 16.5. The molecule has 0 saturated carbocycles. The molecular weight excluding hydrogens is 466 g/mol. The molecule has 1 atom stereocenters. The zero-order valence-corrected chi connectivity index (χ0v) is 21.4. The van der Waals surface area contributed by atoms with Crippen LogP contribution < -0.4 is 10.1 Å². The van der Waals surface area contributed by atoms with E-state index in [1.807, 2.05) is 30.5 Å². The summed E-state index contributed by atoms with van der Waals surface area (Å²) < 4.78 is 8.06. The molecule has 4 rings (SSSR count). The van der Waals surface area contributed by atoms with Crippen LogP contribution in [0.3, 0.4) is 0 Å². The smallest absolute Gasteiger partial charge is 0.235 e. The summed E-state index contributed by atoms with van der Waals surface area (Å²) in [6.45, 7) is 6.77. The van der Waals surface area contributed by atoms with E-state index < -0.39 is 0 Å². The highest BCUT2D eigenvalue weighted by atomic mass is 32.2. The van der Waals surface area contributed by atoms with Gasteiger partial charge in [0, 0.05) is 11.4 Å². The van der Waals surface area contributed by atoms with Gasteiger partial charge in [-0.25, -0.2) is 0 Å². The van der Waals surface area contributed by atoms with Crippen LogP contribution in [0.1, 0.15) is 67.1 Å². The minimum absolute atomic E-state index is 0.146. The molecule has 0 unspecified atom stereocenters. The highest BCUT2D eigenvalue weighted by molar-refractivity contribution is 7.99. The van der Waals surface area contributed by atoms with Gasteiger partial charge >= 0.3 is 0 Å². The molecule has 0 radical (unpaired) electrons. The number of thiophene rings is 1. The molecule has 178 valence electrons. The molecule has 1 N–H and O–H groups in total. The average Bonchev–Trinajstić information content (AvgIpc) is 3.43. The van der Waals surface area contributed by atoms with Crippen molar-refractivity contribution in [3.05, 3.63) is 51.7 Å². The van der Waals surface area contributed by atoms with Crippen LogP contribution in [0.2, 0.25) is 0 Å². The molecule has 2 aromatic heterocycles. The average molecular weight is 496 g/mol. The van der Waals surface area contributed by atoms with Crippen molar-refractivity contribution in [2.75, 3.05) is 11.1 Å². The van der Waals surface area contributed by atoms with Gasteiger partial charge < -0.3 is 14.6 Å². The molecule has 0 spiro atoms. The van der Waals surface area contributed by atoms with Crippen molar-refractivity contribution >= 4 is 34.0 Å². The number of fused-ring (bicyclic) bond motifs is 1. The lowest BCUT2D eigenvalue weighted by atomic mass is 9.96. The van der Waals surface area contributed by atoms with Crippen LogP contribution in [0.25, 0.3) is 0 Å². The zero-order chi connectivity index (χ0) is 24.1. The summed E-state index contributed by atoms with van der Waals surface area (Å²) in [5, 5.41) is 22.6. The highest BCUT2D eigenvalue weighted by Crippen LogP contribution is 2.37. The Morgan fingerprint density at radius 3 is 2.74 bits per heavy atom. The molecule has 0 bridgehead atoms. The predicted molar refractivity (Wildman–Crippen MR) is 136 cm³/mol. The summed E-state index contributed by atoms with van der Waals surface area (Å²) in [6, 6.07) is 10.4. The Hall–Kier alpha value is -2.83. The largest absolute Gasteiger partial charge is 0.483 e. The predicted octanol–water partition coefficient (Wildman–Crippen LogP) is 5.54. The number of ether oxygens (including phenoxy) is 1. The molecule has 3 aromatic rings. The second-order valence-corrected chi connectivity index (χ2v) is 10.3. The maximum absolute atomic E-state index is 12.7. The van der Waals surface area contributed by atoms with E-state index in [1.165, 1.54) is 22.2 Å². The van der Waals surface area contributed by atoms with E-state index in [0.717, 1.165) is 49.2 Å². The molecule has 0 fully saturated rings. The lowest BCUT2D eigenvalue weighted by Crippen LogP contribution is -2.15. The monoisotopic (exact) mass is 495 g/mol. The lowest BCUT2D eigenvalue weighted by molar-refractivity contribution is -0.113. The standard InChI is InChI=1S/C25H29N5O2S2/c1-4-17-10-12-18(13-11-17)32-16(3)23-28-29-25(30(23)5-2)33-15-22(31)27-24-20(14-26)19-8-6-7-9-21(19)34-24/h10-13,16H,4-9,15H2,1-3H3,(H,27,31)/t16-/m0/s1. The van der Waals surface area contributed by atoms with Crippen LogP contribution >= 0.6 is 23.1 Å². The number of benzene rings is 1. The van der Waals surface area contributed by atoms with Crippen molar-refractivity contribution < 1.29 is 9.53 Å². The first kappa shape index (κ1) is 24.3. The quantitative estimate of drug-likeness (QED) is 0.392. The van der Waals surface area contributed by atoms with Crippen molar-refractivity contribution in [2.24, 2.45) is 0 Å². The number of nitriles is 1. The normalized spacial score (nSPS) is 13.7. The number of carbonyl (C=O) groups excluding carboxylic acids is 1. The van der Waals surface area contributed by atoms with E-state index in [-0.39, 0.29) is 17.8 Å². The SMILES string of the molecule is CCc1ccc(O[C@@H](C)c2nnc(SCC(=O)Nc3sc4c(c3C#N)CCCC4)n2CC)cc1. The third kappa shape index (κ3) is 5.29. The first-order valence-electron chi connectivity index (χ1n) is 11.7. The fourth-order valence-corrected chi connectivity index (χ4v) is 6.20. The van der Waals surface area contributed by atoms with E-state index in [2.05, 4.69) is 40.6 Å². The number of hydrogen-bond acceptors (Lipinski definition) is 7. The molecule has 9 heteroatoms. The maximum Gasteiger partial charge on any atom is 0.235 e. The summed E-state index contributed by atoms with van der Waals surface area (Å²) in [6.07, 6.45) is 4.86. The van der Waals surface area contributed by atoms with Gasteiger partial charge in [-0.1, -0.05) is 30.8 Å². The Balaban J connectivity index is 1.39. The van der Waals surface area contributed by atoms with E-state index in [1.54, 1.807) is 11.3 Å². The van der Waals surface area contributed by atoms with E-state index in [0.29, 0.717) is 22.3 Å². The summed E-state index contributed by atoms with van der Waals surface area (Å²) in [4.78, 5) is 13.9. The van der Waals surface area contributed by atoms with Gasteiger partial charge in [0.2, 0.25) is 5.91 Å². The Bertz CT molecular complexity index is 1190. The summed E-state index contributed by atoms with van der Waals surface area (Å²) in [5.74, 6) is 1.56. The topological polar surface area (TPSA) is 92.8 Å². The maximum atomic E-state index is 12.7. The highest BCUT2D eigenvalue weighted by Gasteiger charge is 2.23. The number of thioether (sulfide) groups is 1. The second-order valence-electron chi connectivity index (χ2n) is 8.21. The van der Waals surface area contributed by atoms with Crippen LogP contribution in [0.4, 0.5) is 5.00 Å². The molecule has 34 heavy (non-hydrogen) atoms. The van der Waals surface area contributed by atoms with Crippen molar-refractivity contribution in [3.8, 4) is 11.8 Å². The molecular formula is C25H29N5O2S2. The molecule has 1 aliphatic rings. The van der Waals surface area contributed by atoms with E-state index in [4.69, 9.17) is 4.74 Å². The number of hydrogen-bond donors (Lipinski definition) is 1. The lowest BCUT2D eigenvalue weighted by Gasteiger charge is -2.15. The number of anilines is 1. The second kappa shape index (κ2) is 11.1. The van der Waals surface area contributed by atoms with Gasteiger partial charge in [0.1, 0.15) is 16.8 Å². The van der Waals surface area contributed by atoms with Crippen molar-refractivity contribution in [3.63, 3.8) is 0 Å². The molecule has 2 heterocycles. The minimum atomic E-state index is -0.279. The molecule has 7 nitrogen and oxygen atoms in total. The number of nitrogens with one attached hydrogen (secondary N) is 1. The van der Waals surface area contributed by atoms with Gasteiger partial charge in [-0.2, -0.15) is 5.26 Å². The Morgan fingerprint density at radius 2 is 2.03 bits per heavy atom. The number of carbonyl (C=O) groups is 1. The van der Waals surface area contributed by atoms with Crippen molar-refractivity contribution in [2.45, 2.75) is 70.7 Å². The molecule has 1 aromatic carbocycles. The van der Waals surface area contributed by atoms with Crippen LogP contribution in [-0.4, -0.2) is 26.4 Å². The van der Waals surface area contributed by atoms with Crippen LogP contribution in [0, 0.1) is 11.3 Å². The Kier molecular flexibility index (Phi) is 7.91. The first-order valence-corrected chi connectivity index (χ1v) is 13.5. The molecule has 1 amide bonds. The number of amides is 1. The third-order valence-electron chi connectivity index (χ3n) is 5.94. The van der Waals surface area contributed by atoms with E-state index >= 15 is 0 Å². The van der Waals surface area contributed by atoms with E-state index in [9.17, 15) is 10.1 Å². The van der Waals surface area contributed by atoms with Gasteiger partial charge in [0.15, 0.2) is 17.1 Å². The van der Waals surface area contributed by atoms with Crippen LogP contribution in [0.15, 0.2) is 29.4 Å². The summed E-state index contributed by atoms with van der Waals surface area (Å²) >= 11 is 2.88. The number of aromatic nitrogens is 3. The third-order valence-corrected chi connectivity index (χ3v) is 8.11. The van der Waals surface area contributed by atoms with Gasteiger partial charge in [0.25, 0.3) is 0 Å². The van der Waals surface area contributed by atoms with Crippen LogP contribution in [0.5, 0.6) is 5.75 Å². The van der Waals surface area contributed by atoms with Gasteiger partial charge in [-0.3, -0.25) is 4.79 Å². The molecule has 1 aliphatic carbocycles. The fraction of sp³-hybridized carbons (Fsp3) is 0.440. The van der Waals surface area contributed by atoms with Gasteiger partial charge in [-0.05, 0) is 69.2 Å². The zero-order valence-electron chi connectivity index (χ0n) is 19.8. The van der Waals surface area contributed by atoms with Gasteiger partial charge in [-0.15, -0.1) is 21.5 Å². The Labute approximate surface area is 208 Å². The summed E-state index contributed by atoms with van der Waals surface area (Å²) in [5.41, 5.74) is 3.02. The minimum Gasteiger partial charge on any atom is -0.483 e. The van der Waals surface area contributed by atoms with Crippen LogP contribution in [-0.2, 0) is 30.6 Å².